The summed E-state index contributed by atoms with van der Waals surface area (Å²) in [7, 11) is 0. The average Bonchev–Trinajstić information content (AvgIpc) is 2.14. The van der Waals surface area contributed by atoms with Gasteiger partial charge in [0.2, 0.25) is 0 Å². The quantitative estimate of drug-likeness (QED) is 0.597. The average molecular weight is 198 g/mol. The molecule has 0 aliphatic carbocycles. The van der Waals surface area contributed by atoms with E-state index in [9.17, 15) is 14.5 Å². The molecule has 14 heavy (non-hydrogen) atoms. The van der Waals surface area contributed by atoms with E-state index in [0.29, 0.717) is 12.2 Å². The fourth-order valence-electron chi connectivity index (χ4n) is 1.05. The SMILES string of the molecule is CCCNc1cc(F)cc([N+](=O)[O-])c1. The molecule has 0 bridgehead atoms. The van der Waals surface area contributed by atoms with Crippen molar-refractivity contribution in [2.45, 2.75) is 13.3 Å². The summed E-state index contributed by atoms with van der Waals surface area (Å²) in [5.41, 5.74) is 0.210. The molecule has 0 aliphatic rings. The molecular weight excluding hydrogens is 187 g/mol. The summed E-state index contributed by atoms with van der Waals surface area (Å²) in [6.07, 6.45) is 0.879. The molecule has 0 saturated carbocycles. The van der Waals surface area contributed by atoms with Crippen LogP contribution < -0.4 is 5.32 Å². The summed E-state index contributed by atoms with van der Waals surface area (Å²) in [5.74, 6) is -0.599. The van der Waals surface area contributed by atoms with Gasteiger partial charge in [0.15, 0.2) is 0 Å². The largest absolute Gasteiger partial charge is 0.385 e. The summed E-state index contributed by atoms with van der Waals surface area (Å²) in [6.45, 7) is 2.63. The molecule has 4 nitrogen and oxygen atoms in total. The van der Waals surface area contributed by atoms with Gasteiger partial charge < -0.3 is 5.32 Å². The maximum Gasteiger partial charge on any atom is 0.274 e. The minimum atomic E-state index is -0.611. The van der Waals surface area contributed by atoms with E-state index in [1.807, 2.05) is 6.92 Å². The molecule has 0 heterocycles. The molecule has 1 aromatic carbocycles. The minimum Gasteiger partial charge on any atom is -0.385 e. The second-order valence-electron chi connectivity index (χ2n) is 2.88. The number of anilines is 1. The van der Waals surface area contributed by atoms with E-state index in [-0.39, 0.29) is 5.69 Å². The van der Waals surface area contributed by atoms with Crippen molar-refractivity contribution in [2.24, 2.45) is 0 Å². The Balaban J connectivity index is 2.89. The van der Waals surface area contributed by atoms with Gasteiger partial charge in [0, 0.05) is 18.3 Å². The first-order valence-corrected chi connectivity index (χ1v) is 4.32. The summed E-state index contributed by atoms with van der Waals surface area (Å²) in [5, 5.41) is 13.3. The van der Waals surface area contributed by atoms with Crippen molar-refractivity contribution in [1.29, 1.82) is 0 Å². The van der Waals surface area contributed by atoms with Gasteiger partial charge in [0.05, 0.1) is 11.0 Å². The summed E-state index contributed by atoms with van der Waals surface area (Å²) in [4.78, 5) is 9.78. The Morgan fingerprint density at radius 1 is 1.50 bits per heavy atom. The van der Waals surface area contributed by atoms with E-state index in [0.717, 1.165) is 12.5 Å². The predicted molar refractivity (Wildman–Crippen MR) is 51.8 cm³/mol. The predicted octanol–water partition coefficient (Wildman–Crippen LogP) is 2.56. The maximum atomic E-state index is 12.9. The van der Waals surface area contributed by atoms with Crippen LogP contribution in [0.3, 0.4) is 0 Å². The number of nitro benzene ring substituents is 1. The van der Waals surface area contributed by atoms with E-state index < -0.39 is 10.7 Å². The molecule has 0 fully saturated rings. The number of nitrogens with zero attached hydrogens (tertiary/aromatic N) is 1. The van der Waals surface area contributed by atoms with Gasteiger partial charge in [0.25, 0.3) is 5.69 Å². The highest BCUT2D eigenvalue weighted by Crippen LogP contribution is 2.19. The number of non-ortho nitro benzene ring substituents is 1. The van der Waals surface area contributed by atoms with Crippen molar-refractivity contribution in [3.63, 3.8) is 0 Å². The lowest BCUT2D eigenvalue weighted by atomic mass is 10.2. The van der Waals surface area contributed by atoms with Gasteiger partial charge in [-0.15, -0.1) is 0 Å². The Morgan fingerprint density at radius 2 is 2.21 bits per heavy atom. The number of hydrogen-bond donors (Lipinski definition) is 1. The molecule has 0 unspecified atom stereocenters. The monoisotopic (exact) mass is 198 g/mol. The van der Waals surface area contributed by atoms with Crippen molar-refractivity contribution in [3.8, 4) is 0 Å². The van der Waals surface area contributed by atoms with E-state index in [2.05, 4.69) is 5.32 Å². The lowest BCUT2D eigenvalue weighted by molar-refractivity contribution is -0.385. The number of benzene rings is 1. The zero-order valence-corrected chi connectivity index (χ0v) is 7.79. The Kier molecular flexibility index (Phi) is 3.39. The first-order valence-electron chi connectivity index (χ1n) is 4.32. The third-order valence-corrected chi connectivity index (χ3v) is 1.67. The number of nitrogens with one attached hydrogen (secondary N) is 1. The topological polar surface area (TPSA) is 55.2 Å². The highest BCUT2D eigenvalue weighted by Gasteiger charge is 2.08. The van der Waals surface area contributed by atoms with Crippen LogP contribution in [0.1, 0.15) is 13.3 Å². The zero-order chi connectivity index (χ0) is 10.6. The van der Waals surface area contributed by atoms with Crippen LogP contribution in [-0.4, -0.2) is 11.5 Å². The van der Waals surface area contributed by atoms with Gasteiger partial charge in [-0.3, -0.25) is 10.1 Å². The molecule has 5 heteroatoms. The number of hydrogen-bond acceptors (Lipinski definition) is 3. The van der Waals surface area contributed by atoms with Crippen LogP contribution in [0.25, 0.3) is 0 Å². The second-order valence-corrected chi connectivity index (χ2v) is 2.88. The molecule has 1 rings (SSSR count). The highest BCUT2D eigenvalue weighted by atomic mass is 19.1. The molecule has 0 saturated heterocycles. The van der Waals surface area contributed by atoms with E-state index in [1.165, 1.54) is 12.1 Å². The summed E-state index contributed by atoms with van der Waals surface area (Å²) < 4.78 is 12.9. The number of halogens is 1. The molecule has 0 radical (unpaired) electrons. The van der Waals surface area contributed by atoms with Crippen LogP contribution in [0.2, 0.25) is 0 Å². The Hall–Kier alpha value is -1.65. The molecule has 0 aliphatic heterocycles. The van der Waals surface area contributed by atoms with E-state index in [1.54, 1.807) is 0 Å². The lowest BCUT2D eigenvalue weighted by Crippen LogP contribution is -2.01. The van der Waals surface area contributed by atoms with E-state index in [4.69, 9.17) is 0 Å². The van der Waals surface area contributed by atoms with Crippen molar-refractivity contribution in [2.75, 3.05) is 11.9 Å². The van der Waals surface area contributed by atoms with Crippen LogP contribution in [0, 0.1) is 15.9 Å². The zero-order valence-electron chi connectivity index (χ0n) is 7.79. The highest BCUT2D eigenvalue weighted by molar-refractivity contribution is 5.51. The minimum absolute atomic E-state index is 0.233. The van der Waals surface area contributed by atoms with E-state index >= 15 is 0 Å². The van der Waals surface area contributed by atoms with Gasteiger partial charge in [0.1, 0.15) is 5.82 Å². The van der Waals surface area contributed by atoms with Crippen LogP contribution in [-0.2, 0) is 0 Å². The third kappa shape index (κ3) is 2.69. The smallest absolute Gasteiger partial charge is 0.274 e. The molecule has 76 valence electrons. The molecular formula is C9H11FN2O2. The Labute approximate surface area is 80.9 Å². The Morgan fingerprint density at radius 3 is 2.79 bits per heavy atom. The van der Waals surface area contributed by atoms with Gasteiger partial charge in [-0.1, -0.05) is 6.92 Å². The van der Waals surface area contributed by atoms with Gasteiger partial charge >= 0.3 is 0 Å². The van der Waals surface area contributed by atoms with Crippen molar-refractivity contribution in [3.05, 3.63) is 34.1 Å². The summed E-state index contributed by atoms with van der Waals surface area (Å²) in [6, 6.07) is 3.46. The van der Waals surface area contributed by atoms with Crippen molar-refractivity contribution in [1.82, 2.24) is 0 Å². The van der Waals surface area contributed by atoms with Crippen molar-refractivity contribution < 1.29 is 9.31 Å². The summed E-state index contributed by atoms with van der Waals surface area (Å²) >= 11 is 0. The standard InChI is InChI=1S/C9H11FN2O2/c1-2-3-11-8-4-7(10)5-9(6-8)12(13)14/h4-6,11H,2-3H2,1H3. The van der Waals surface area contributed by atoms with Gasteiger partial charge in [-0.25, -0.2) is 4.39 Å². The molecule has 1 N–H and O–H groups in total. The van der Waals surface area contributed by atoms with Gasteiger partial charge in [-0.05, 0) is 12.5 Å². The molecule has 1 aromatic rings. The van der Waals surface area contributed by atoms with Crippen molar-refractivity contribution >= 4 is 11.4 Å². The maximum absolute atomic E-state index is 12.9. The fraction of sp³-hybridized carbons (Fsp3) is 0.333. The van der Waals surface area contributed by atoms with Crippen LogP contribution in [0.5, 0.6) is 0 Å². The normalized spacial score (nSPS) is 9.86. The second kappa shape index (κ2) is 4.55. The van der Waals surface area contributed by atoms with Gasteiger partial charge in [-0.2, -0.15) is 0 Å². The first-order chi connectivity index (χ1) is 6.63. The van der Waals surface area contributed by atoms with Crippen LogP contribution in [0.15, 0.2) is 18.2 Å². The third-order valence-electron chi connectivity index (χ3n) is 1.67. The number of nitro groups is 1. The lowest BCUT2D eigenvalue weighted by Gasteiger charge is -2.03. The molecule has 0 spiro atoms. The number of rotatable bonds is 4. The van der Waals surface area contributed by atoms with Crippen LogP contribution in [0.4, 0.5) is 15.8 Å². The molecule has 0 aromatic heterocycles. The first kappa shape index (κ1) is 10.4. The molecule has 0 amide bonds. The fourth-order valence-corrected chi connectivity index (χ4v) is 1.05. The molecule has 0 atom stereocenters. The Bertz CT molecular complexity index is 342. The van der Waals surface area contributed by atoms with Crippen LogP contribution >= 0.6 is 0 Å².